The zero-order valence-corrected chi connectivity index (χ0v) is 20.9. The minimum atomic E-state index is -0.969. The van der Waals surface area contributed by atoms with Gasteiger partial charge in [-0.05, 0) is 77.5 Å². The Bertz CT molecular complexity index is 1270. The van der Waals surface area contributed by atoms with Gasteiger partial charge in [-0.15, -0.1) is 0 Å². The van der Waals surface area contributed by atoms with E-state index in [2.05, 4.69) is 42.0 Å². The first-order chi connectivity index (χ1) is 16.5. The summed E-state index contributed by atoms with van der Waals surface area (Å²) in [6.07, 6.45) is 9.52. The Morgan fingerprint density at radius 2 is 2.09 bits per heavy atom. The van der Waals surface area contributed by atoms with Gasteiger partial charge in [-0.1, -0.05) is 0 Å². The minimum absolute atomic E-state index is 0.128. The Hall–Kier alpha value is -3.15. The van der Waals surface area contributed by atoms with Crippen LogP contribution >= 0.6 is 0 Å². The zero-order chi connectivity index (χ0) is 25.0. The second kappa shape index (κ2) is 8.51. The first-order valence-corrected chi connectivity index (χ1v) is 12.3. The molecule has 1 saturated heterocycles. The van der Waals surface area contributed by atoms with Crippen LogP contribution in [-0.4, -0.2) is 49.5 Å². The number of nitrogens with two attached hydrogens (primary N) is 1. The standard InChI is InChI=1S/C27H34N6O2/c1-17-7-18-8-21(11-27(4,29)10-18)33(17)24-6-5-19(13-30-24)23-9-22(35-16-26(2,3)34)15-32-25(23)20(12-28)14-31-32/h5-6,9,13-15,17-18,21,34H,7-8,10-11,16,29H2,1-4H3. The molecule has 4 atom stereocenters. The largest absolute Gasteiger partial charge is 0.489 e. The van der Waals surface area contributed by atoms with Crippen molar-refractivity contribution in [2.75, 3.05) is 11.5 Å². The number of aromatic nitrogens is 3. The Balaban J connectivity index is 1.50. The number of hydrogen-bond donors (Lipinski definition) is 2. The molecule has 1 saturated carbocycles. The topological polar surface area (TPSA) is 113 Å². The van der Waals surface area contributed by atoms with Crippen LogP contribution in [-0.2, 0) is 0 Å². The number of aliphatic hydroxyl groups is 1. The fourth-order valence-electron chi connectivity index (χ4n) is 6.03. The monoisotopic (exact) mass is 474 g/mol. The molecule has 0 spiro atoms. The number of rotatable bonds is 5. The fourth-order valence-corrected chi connectivity index (χ4v) is 6.03. The number of anilines is 1. The average Bonchev–Trinajstić information content (AvgIpc) is 3.19. The van der Waals surface area contributed by atoms with Gasteiger partial charge in [0.05, 0.1) is 29.1 Å². The molecule has 184 valence electrons. The third kappa shape index (κ3) is 4.71. The summed E-state index contributed by atoms with van der Waals surface area (Å²) in [5, 5.41) is 24.1. The molecule has 3 aromatic heterocycles. The summed E-state index contributed by atoms with van der Waals surface area (Å²) in [5.74, 6) is 2.20. The highest BCUT2D eigenvalue weighted by molar-refractivity contribution is 5.85. The lowest BCUT2D eigenvalue weighted by Gasteiger charge is -2.52. The quantitative estimate of drug-likeness (QED) is 0.576. The smallest absolute Gasteiger partial charge is 0.138 e. The number of fused-ring (bicyclic) bond motifs is 3. The molecule has 0 radical (unpaired) electrons. The van der Waals surface area contributed by atoms with Crippen molar-refractivity contribution in [1.29, 1.82) is 5.26 Å². The molecule has 0 aromatic carbocycles. The van der Waals surface area contributed by atoms with E-state index in [1.54, 1.807) is 30.8 Å². The van der Waals surface area contributed by atoms with Gasteiger partial charge in [0, 0.05) is 34.9 Å². The van der Waals surface area contributed by atoms with Crippen molar-refractivity contribution in [1.82, 2.24) is 14.6 Å². The second-order valence-electron chi connectivity index (χ2n) is 11.4. The molecule has 3 aromatic rings. The lowest BCUT2D eigenvalue weighted by molar-refractivity contribution is 0.0283. The fraction of sp³-hybridized carbons (Fsp3) is 0.519. The number of piperidine rings is 1. The van der Waals surface area contributed by atoms with E-state index < -0.39 is 5.60 Å². The SMILES string of the molecule is CC1CC2CC(CC(C)(N)C2)N1c1ccc(-c2cc(OCC(C)(C)O)cn3ncc(C#N)c23)cn1. The van der Waals surface area contributed by atoms with Crippen molar-refractivity contribution >= 4 is 11.3 Å². The summed E-state index contributed by atoms with van der Waals surface area (Å²) >= 11 is 0. The molecule has 3 N–H and O–H groups in total. The molecule has 4 unspecified atom stereocenters. The van der Waals surface area contributed by atoms with Gasteiger partial charge in [0.2, 0.25) is 0 Å². The van der Waals surface area contributed by atoms with E-state index in [9.17, 15) is 10.4 Å². The summed E-state index contributed by atoms with van der Waals surface area (Å²) < 4.78 is 7.50. The molecule has 2 fully saturated rings. The van der Waals surface area contributed by atoms with Gasteiger partial charge in [-0.2, -0.15) is 10.4 Å². The number of nitriles is 1. The van der Waals surface area contributed by atoms with Gasteiger partial charge in [0.15, 0.2) is 0 Å². The van der Waals surface area contributed by atoms with Crippen molar-refractivity contribution in [3.05, 3.63) is 42.4 Å². The molecule has 8 nitrogen and oxygen atoms in total. The maximum atomic E-state index is 10.1. The maximum absolute atomic E-state index is 10.1. The number of pyridine rings is 2. The van der Waals surface area contributed by atoms with Crippen LogP contribution in [0, 0.1) is 17.2 Å². The molecule has 2 bridgehead atoms. The Morgan fingerprint density at radius 1 is 1.29 bits per heavy atom. The average molecular weight is 475 g/mol. The third-order valence-electron chi connectivity index (χ3n) is 7.23. The van der Waals surface area contributed by atoms with E-state index in [-0.39, 0.29) is 12.1 Å². The van der Waals surface area contributed by atoms with Crippen LogP contribution in [0.4, 0.5) is 5.82 Å². The Kier molecular flexibility index (Phi) is 5.73. The van der Waals surface area contributed by atoms with Crippen molar-refractivity contribution in [3.63, 3.8) is 0 Å². The molecule has 8 heteroatoms. The molecular weight excluding hydrogens is 440 g/mol. The van der Waals surface area contributed by atoms with Crippen LogP contribution in [0.25, 0.3) is 16.6 Å². The number of nitrogens with zero attached hydrogens (tertiary/aromatic N) is 5. The van der Waals surface area contributed by atoms with E-state index in [4.69, 9.17) is 15.5 Å². The van der Waals surface area contributed by atoms with E-state index >= 15 is 0 Å². The first-order valence-electron chi connectivity index (χ1n) is 12.3. The van der Waals surface area contributed by atoms with Crippen LogP contribution in [0.2, 0.25) is 0 Å². The van der Waals surface area contributed by atoms with Gasteiger partial charge in [0.1, 0.15) is 24.2 Å². The van der Waals surface area contributed by atoms with Crippen LogP contribution in [0.15, 0.2) is 36.8 Å². The Morgan fingerprint density at radius 3 is 2.77 bits per heavy atom. The van der Waals surface area contributed by atoms with Gasteiger partial charge in [-0.25, -0.2) is 9.50 Å². The number of ether oxygens (including phenoxy) is 1. The van der Waals surface area contributed by atoms with Crippen LogP contribution in [0.5, 0.6) is 5.75 Å². The van der Waals surface area contributed by atoms with Gasteiger partial charge >= 0.3 is 0 Å². The lowest BCUT2D eigenvalue weighted by atomic mass is 9.69. The van der Waals surface area contributed by atoms with Gasteiger partial charge in [-0.3, -0.25) is 0 Å². The predicted molar refractivity (Wildman–Crippen MR) is 135 cm³/mol. The van der Waals surface area contributed by atoms with E-state index in [1.807, 2.05) is 12.3 Å². The highest BCUT2D eigenvalue weighted by Crippen LogP contribution is 2.43. The van der Waals surface area contributed by atoms with Crippen molar-refractivity contribution in [3.8, 4) is 22.9 Å². The maximum Gasteiger partial charge on any atom is 0.138 e. The molecule has 0 amide bonds. The summed E-state index contributed by atoms with van der Waals surface area (Å²) in [6.45, 7) is 7.98. The molecule has 4 heterocycles. The van der Waals surface area contributed by atoms with Gasteiger partial charge in [0.25, 0.3) is 0 Å². The van der Waals surface area contributed by atoms with Crippen LogP contribution in [0.1, 0.15) is 58.9 Å². The van der Waals surface area contributed by atoms with E-state index in [0.29, 0.717) is 34.8 Å². The summed E-state index contributed by atoms with van der Waals surface area (Å²) in [4.78, 5) is 7.32. The third-order valence-corrected chi connectivity index (χ3v) is 7.23. The molecular formula is C27H34N6O2. The second-order valence-corrected chi connectivity index (χ2v) is 11.4. The molecule has 2 aliphatic rings. The van der Waals surface area contributed by atoms with Gasteiger partial charge < -0.3 is 20.5 Å². The van der Waals surface area contributed by atoms with Crippen molar-refractivity contribution in [2.24, 2.45) is 11.7 Å². The summed E-state index contributed by atoms with van der Waals surface area (Å²) in [5.41, 5.74) is 8.36. The lowest BCUT2D eigenvalue weighted by Crippen LogP contribution is -2.58. The molecule has 1 aliphatic heterocycles. The molecule has 1 aliphatic carbocycles. The molecule has 35 heavy (non-hydrogen) atoms. The molecule has 5 rings (SSSR count). The van der Waals surface area contributed by atoms with Crippen LogP contribution < -0.4 is 15.4 Å². The van der Waals surface area contributed by atoms with Crippen molar-refractivity contribution < 1.29 is 9.84 Å². The normalized spacial score (nSPS) is 26.5. The first kappa shape index (κ1) is 23.6. The summed E-state index contributed by atoms with van der Waals surface area (Å²) in [7, 11) is 0. The predicted octanol–water partition coefficient (Wildman–Crippen LogP) is 3.90. The number of hydrogen-bond acceptors (Lipinski definition) is 7. The van der Waals surface area contributed by atoms with Crippen molar-refractivity contribution in [2.45, 2.75) is 76.6 Å². The van der Waals surface area contributed by atoms with E-state index in [0.717, 1.165) is 36.2 Å². The highest BCUT2D eigenvalue weighted by atomic mass is 16.5. The summed E-state index contributed by atoms with van der Waals surface area (Å²) in [6, 6.07) is 9.05. The Labute approximate surface area is 206 Å². The zero-order valence-electron chi connectivity index (χ0n) is 20.9. The van der Waals surface area contributed by atoms with E-state index in [1.165, 1.54) is 6.42 Å². The minimum Gasteiger partial charge on any atom is -0.489 e. The van der Waals surface area contributed by atoms with Crippen LogP contribution in [0.3, 0.4) is 0 Å². The highest BCUT2D eigenvalue weighted by Gasteiger charge is 2.43.